The van der Waals surface area contributed by atoms with Crippen molar-refractivity contribution in [3.63, 3.8) is 0 Å². The molecular weight excluding hydrogens is 339 g/mol. The molecule has 0 saturated carbocycles. The van der Waals surface area contributed by atoms with E-state index in [0.29, 0.717) is 17.6 Å². The van der Waals surface area contributed by atoms with E-state index in [1.54, 1.807) is 13.2 Å². The highest BCUT2D eigenvalue weighted by Crippen LogP contribution is 2.29. The Morgan fingerprint density at radius 2 is 2.19 bits per heavy atom. The topological polar surface area (TPSA) is 50.4 Å². The number of carbonyl (C=O) groups excluding carboxylic acids is 1. The lowest BCUT2D eigenvalue weighted by Crippen LogP contribution is -2.50. The number of hydrogen-bond donors (Lipinski definition) is 2. The van der Waals surface area contributed by atoms with Crippen LogP contribution in [-0.4, -0.2) is 32.7 Å². The summed E-state index contributed by atoms with van der Waals surface area (Å²) in [6.07, 6.45) is 1.52. The molecule has 0 aliphatic carbocycles. The highest BCUT2D eigenvalue weighted by atomic mass is 79.9. The van der Waals surface area contributed by atoms with Gasteiger partial charge in [-0.2, -0.15) is 0 Å². The smallest absolute Gasteiger partial charge is 0.228 e. The number of ether oxygens (including phenoxy) is 1. The van der Waals surface area contributed by atoms with Crippen LogP contribution in [0.4, 0.5) is 4.39 Å². The SMILES string of the molecule is COCC1(C(=O)NCc2ccc(F)cc2Br)CCNCC1. The quantitative estimate of drug-likeness (QED) is 0.848. The lowest BCUT2D eigenvalue weighted by molar-refractivity contribution is -0.136. The predicted molar refractivity (Wildman–Crippen MR) is 82.4 cm³/mol. The van der Waals surface area contributed by atoms with Crippen LogP contribution >= 0.6 is 15.9 Å². The third-order valence-electron chi connectivity index (χ3n) is 3.92. The van der Waals surface area contributed by atoms with Gasteiger partial charge in [0, 0.05) is 18.1 Å². The summed E-state index contributed by atoms with van der Waals surface area (Å²) in [5.74, 6) is -0.298. The summed E-state index contributed by atoms with van der Waals surface area (Å²) >= 11 is 3.31. The number of piperidine rings is 1. The van der Waals surface area contributed by atoms with E-state index >= 15 is 0 Å². The molecule has 0 radical (unpaired) electrons. The van der Waals surface area contributed by atoms with Crippen molar-refractivity contribution in [2.45, 2.75) is 19.4 Å². The zero-order valence-corrected chi connectivity index (χ0v) is 13.6. The molecule has 1 amide bonds. The summed E-state index contributed by atoms with van der Waals surface area (Å²) in [4.78, 5) is 12.6. The highest BCUT2D eigenvalue weighted by molar-refractivity contribution is 9.10. The summed E-state index contributed by atoms with van der Waals surface area (Å²) in [6, 6.07) is 4.46. The van der Waals surface area contributed by atoms with E-state index in [1.807, 2.05) is 0 Å². The molecule has 0 atom stereocenters. The molecule has 1 aliphatic heterocycles. The Balaban J connectivity index is 2.01. The third-order valence-corrected chi connectivity index (χ3v) is 4.66. The van der Waals surface area contributed by atoms with Crippen molar-refractivity contribution in [1.29, 1.82) is 0 Å². The number of nitrogens with one attached hydrogen (secondary N) is 2. The standard InChI is InChI=1S/C15H20BrFN2O2/c1-21-10-15(4-6-18-7-5-15)14(20)19-9-11-2-3-12(17)8-13(11)16/h2-3,8,18H,4-7,9-10H2,1H3,(H,19,20). The lowest BCUT2D eigenvalue weighted by Gasteiger charge is -2.35. The molecule has 21 heavy (non-hydrogen) atoms. The minimum absolute atomic E-state index is 0.00192. The van der Waals surface area contributed by atoms with Gasteiger partial charge in [-0.1, -0.05) is 22.0 Å². The van der Waals surface area contributed by atoms with E-state index in [2.05, 4.69) is 26.6 Å². The van der Waals surface area contributed by atoms with Crippen LogP contribution in [0.1, 0.15) is 18.4 Å². The van der Waals surface area contributed by atoms with E-state index in [-0.39, 0.29) is 11.7 Å². The number of halogens is 2. The van der Waals surface area contributed by atoms with Gasteiger partial charge in [0.05, 0.1) is 12.0 Å². The highest BCUT2D eigenvalue weighted by Gasteiger charge is 2.39. The van der Waals surface area contributed by atoms with E-state index < -0.39 is 5.41 Å². The Morgan fingerprint density at radius 1 is 1.48 bits per heavy atom. The monoisotopic (exact) mass is 358 g/mol. The Bertz CT molecular complexity index is 499. The lowest BCUT2D eigenvalue weighted by atomic mass is 9.78. The van der Waals surface area contributed by atoms with Crippen molar-refractivity contribution in [3.05, 3.63) is 34.1 Å². The van der Waals surface area contributed by atoms with Crippen LogP contribution in [-0.2, 0) is 16.1 Å². The Kier molecular flexibility index (Phi) is 5.72. The van der Waals surface area contributed by atoms with Gasteiger partial charge in [-0.3, -0.25) is 4.79 Å². The molecule has 1 aromatic carbocycles. The summed E-state index contributed by atoms with van der Waals surface area (Å²) in [6.45, 7) is 2.43. The van der Waals surface area contributed by atoms with Gasteiger partial charge in [0.1, 0.15) is 5.82 Å². The molecule has 0 spiro atoms. The molecule has 0 bridgehead atoms. The average Bonchev–Trinajstić information content (AvgIpc) is 2.47. The molecule has 1 aliphatic rings. The molecule has 1 fully saturated rings. The minimum atomic E-state index is -0.466. The molecule has 116 valence electrons. The first-order valence-corrected chi connectivity index (χ1v) is 7.78. The first-order valence-electron chi connectivity index (χ1n) is 6.99. The van der Waals surface area contributed by atoms with Crippen LogP contribution in [0.15, 0.2) is 22.7 Å². The van der Waals surface area contributed by atoms with Crippen LogP contribution in [0.3, 0.4) is 0 Å². The number of rotatable bonds is 5. The van der Waals surface area contributed by atoms with Gasteiger partial charge < -0.3 is 15.4 Å². The molecule has 1 heterocycles. The normalized spacial score (nSPS) is 17.5. The van der Waals surface area contributed by atoms with Gasteiger partial charge >= 0.3 is 0 Å². The van der Waals surface area contributed by atoms with E-state index in [0.717, 1.165) is 31.5 Å². The van der Waals surface area contributed by atoms with E-state index in [1.165, 1.54) is 12.1 Å². The van der Waals surface area contributed by atoms with Crippen molar-refractivity contribution < 1.29 is 13.9 Å². The fraction of sp³-hybridized carbons (Fsp3) is 0.533. The number of amides is 1. The average molecular weight is 359 g/mol. The number of carbonyl (C=O) groups is 1. The third kappa shape index (κ3) is 4.02. The van der Waals surface area contributed by atoms with Crippen LogP contribution in [0, 0.1) is 11.2 Å². The maximum absolute atomic E-state index is 13.1. The fourth-order valence-corrected chi connectivity index (χ4v) is 3.14. The van der Waals surface area contributed by atoms with Crippen LogP contribution < -0.4 is 10.6 Å². The molecule has 1 saturated heterocycles. The van der Waals surface area contributed by atoms with Gasteiger partial charge in [0.2, 0.25) is 5.91 Å². The van der Waals surface area contributed by atoms with Crippen LogP contribution in [0.2, 0.25) is 0 Å². The van der Waals surface area contributed by atoms with Gasteiger partial charge in [-0.05, 0) is 43.6 Å². The van der Waals surface area contributed by atoms with Crippen molar-refractivity contribution in [1.82, 2.24) is 10.6 Å². The van der Waals surface area contributed by atoms with E-state index in [4.69, 9.17) is 4.74 Å². The van der Waals surface area contributed by atoms with E-state index in [9.17, 15) is 9.18 Å². The second-order valence-electron chi connectivity index (χ2n) is 5.38. The number of methoxy groups -OCH3 is 1. The molecule has 0 unspecified atom stereocenters. The molecular formula is C15H20BrFN2O2. The maximum Gasteiger partial charge on any atom is 0.228 e. The Hall–Kier alpha value is -0.980. The second kappa shape index (κ2) is 7.33. The maximum atomic E-state index is 13.1. The van der Waals surface area contributed by atoms with Crippen molar-refractivity contribution in [2.24, 2.45) is 5.41 Å². The first-order chi connectivity index (χ1) is 10.1. The molecule has 1 aromatic rings. The molecule has 4 nitrogen and oxygen atoms in total. The molecule has 2 N–H and O–H groups in total. The fourth-order valence-electron chi connectivity index (χ4n) is 2.65. The summed E-state index contributed by atoms with van der Waals surface area (Å²) < 4.78 is 19.0. The van der Waals surface area contributed by atoms with Crippen LogP contribution in [0.25, 0.3) is 0 Å². The van der Waals surface area contributed by atoms with Crippen molar-refractivity contribution >= 4 is 21.8 Å². The van der Waals surface area contributed by atoms with Gasteiger partial charge in [-0.15, -0.1) is 0 Å². The molecule has 0 aromatic heterocycles. The number of hydrogen-bond acceptors (Lipinski definition) is 3. The number of benzene rings is 1. The summed E-state index contributed by atoms with van der Waals surface area (Å²) in [5, 5.41) is 6.21. The largest absolute Gasteiger partial charge is 0.384 e. The minimum Gasteiger partial charge on any atom is -0.384 e. The van der Waals surface area contributed by atoms with Gasteiger partial charge in [0.15, 0.2) is 0 Å². The summed E-state index contributed by atoms with van der Waals surface area (Å²) in [7, 11) is 1.62. The first kappa shape index (κ1) is 16.4. The molecule has 2 rings (SSSR count). The predicted octanol–water partition coefficient (Wildman–Crippen LogP) is 2.22. The van der Waals surface area contributed by atoms with Crippen molar-refractivity contribution in [2.75, 3.05) is 26.8 Å². The molecule has 6 heteroatoms. The zero-order chi connectivity index (χ0) is 15.3. The second-order valence-corrected chi connectivity index (χ2v) is 6.24. The van der Waals surface area contributed by atoms with Crippen molar-refractivity contribution in [3.8, 4) is 0 Å². The van der Waals surface area contributed by atoms with Gasteiger partial charge in [0.25, 0.3) is 0 Å². The van der Waals surface area contributed by atoms with Gasteiger partial charge in [-0.25, -0.2) is 4.39 Å². The Labute approximate surface area is 132 Å². The summed E-state index contributed by atoms with van der Waals surface area (Å²) in [5.41, 5.74) is 0.387. The zero-order valence-electron chi connectivity index (χ0n) is 12.0. The Morgan fingerprint density at radius 3 is 2.81 bits per heavy atom. The van der Waals surface area contributed by atoms with Crippen LogP contribution in [0.5, 0.6) is 0 Å².